The molecule has 0 spiro atoms. The molecule has 1 saturated heterocycles. The molecule has 84 valence electrons. The van der Waals surface area contributed by atoms with Gasteiger partial charge in [-0.05, 0) is 12.0 Å². The summed E-state index contributed by atoms with van der Waals surface area (Å²) in [5, 5.41) is 2.85. The smallest absolute Gasteiger partial charge is 0.242 e. The second kappa shape index (κ2) is 4.45. The number of rotatable bonds is 3. The lowest BCUT2D eigenvalue weighted by molar-refractivity contribution is -0.128. The van der Waals surface area contributed by atoms with Gasteiger partial charge in [-0.2, -0.15) is 0 Å². The van der Waals surface area contributed by atoms with E-state index in [1.807, 2.05) is 30.3 Å². The molecule has 3 N–H and O–H groups in total. The SMILES string of the molecule is NC(=O)[C@H]1NCC(Cc2ccccc2)C1=O. The van der Waals surface area contributed by atoms with E-state index >= 15 is 0 Å². The number of carbonyl (C=O) groups excluding carboxylic acids is 2. The summed E-state index contributed by atoms with van der Waals surface area (Å²) < 4.78 is 0. The molecule has 16 heavy (non-hydrogen) atoms. The topological polar surface area (TPSA) is 72.2 Å². The molecule has 1 fully saturated rings. The van der Waals surface area contributed by atoms with Crippen LogP contribution in [0.4, 0.5) is 0 Å². The van der Waals surface area contributed by atoms with Crippen LogP contribution in [-0.4, -0.2) is 24.3 Å². The van der Waals surface area contributed by atoms with Crippen molar-refractivity contribution in [1.82, 2.24) is 5.32 Å². The lowest BCUT2D eigenvalue weighted by Crippen LogP contribution is -2.41. The number of hydrogen-bond donors (Lipinski definition) is 2. The summed E-state index contributed by atoms with van der Waals surface area (Å²) in [6.45, 7) is 0.529. The van der Waals surface area contributed by atoms with Gasteiger partial charge in [0.1, 0.15) is 6.04 Å². The number of primary amides is 1. The third kappa shape index (κ3) is 2.12. The van der Waals surface area contributed by atoms with Gasteiger partial charge in [-0.25, -0.2) is 0 Å². The van der Waals surface area contributed by atoms with E-state index in [9.17, 15) is 9.59 Å². The highest BCUT2D eigenvalue weighted by atomic mass is 16.2. The zero-order chi connectivity index (χ0) is 11.5. The molecule has 1 aliphatic heterocycles. The Kier molecular flexibility index (Phi) is 3.01. The van der Waals surface area contributed by atoms with Crippen molar-refractivity contribution in [2.24, 2.45) is 11.7 Å². The van der Waals surface area contributed by atoms with E-state index < -0.39 is 11.9 Å². The molecule has 0 bridgehead atoms. The van der Waals surface area contributed by atoms with Crippen LogP contribution >= 0.6 is 0 Å². The first-order chi connectivity index (χ1) is 7.68. The van der Waals surface area contributed by atoms with Crippen molar-refractivity contribution < 1.29 is 9.59 Å². The number of hydrogen-bond acceptors (Lipinski definition) is 3. The van der Waals surface area contributed by atoms with Crippen molar-refractivity contribution in [2.45, 2.75) is 12.5 Å². The Bertz CT molecular complexity index is 403. The number of nitrogens with one attached hydrogen (secondary N) is 1. The van der Waals surface area contributed by atoms with Gasteiger partial charge in [0.25, 0.3) is 0 Å². The summed E-state index contributed by atoms with van der Waals surface area (Å²) in [5.74, 6) is -0.809. The fourth-order valence-corrected chi connectivity index (χ4v) is 2.01. The third-order valence-electron chi connectivity index (χ3n) is 2.86. The fraction of sp³-hybridized carbons (Fsp3) is 0.333. The lowest BCUT2D eigenvalue weighted by atomic mass is 9.95. The van der Waals surface area contributed by atoms with Crippen LogP contribution in [0.5, 0.6) is 0 Å². The molecule has 1 aliphatic rings. The van der Waals surface area contributed by atoms with Gasteiger partial charge in [0.15, 0.2) is 5.78 Å². The van der Waals surface area contributed by atoms with Crippen molar-refractivity contribution in [3.63, 3.8) is 0 Å². The molecule has 1 amide bonds. The maximum absolute atomic E-state index is 11.8. The zero-order valence-corrected chi connectivity index (χ0v) is 8.85. The average Bonchev–Trinajstić information content (AvgIpc) is 2.62. The maximum Gasteiger partial charge on any atom is 0.242 e. The third-order valence-corrected chi connectivity index (χ3v) is 2.86. The molecular formula is C12H14N2O2. The second-order valence-electron chi connectivity index (χ2n) is 4.03. The summed E-state index contributed by atoms with van der Waals surface area (Å²) in [5.41, 5.74) is 6.23. The minimum absolute atomic E-state index is 0.0867. The Morgan fingerprint density at radius 3 is 2.62 bits per heavy atom. The molecular weight excluding hydrogens is 204 g/mol. The summed E-state index contributed by atoms with van der Waals surface area (Å²) in [6, 6.07) is 8.97. The molecule has 1 aromatic rings. The first-order valence-electron chi connectivity index (χ1n) is 5.29. The second-order valence-corrected chi connectivity index (χ2v) is 4.03. The summed E-state index contributed by atoms with van der Waals surface area (Å²) in [6.07, 6.45) is 0.663. The van der Waals surface area contributed by atoms with E-state index in [-0.39, 0.29) is 11.7 Å². The van der Waals surface area contributed by atoms with Gasteiger partial charge in [-0.3, -0.25) is 14.9 Å². The van der Waals surface area contributed by atoms with Gasteiger partial charge in [0.2, 0.25) is 5.91 Å². The molecule has 1 heterocycles. The summed E-state index contributed by atoms with van der Waals surface area (Å²) in [4.78, 5) is 22.7. The standard InChI is InChI=1S/C12H14N2O2/c13-12(16)10-11(15)9(7-14-10)6-8-4-2-1-3-5-8/h1-5,9-10,14H,6-7H2,(H2,13,16)/t9?,10-/m0/s1. The molecule has 4 nitrogen and oxygen atoms in total. The van der Waals surface area contributed by atoms with Gasteiger partial charge < -0.3 is 5.73 Å². The molecule has 0 aliphatic carbocycles. The number of Topliss-reactive ketones (excluding diaryl/α,β-unsaturated/α-hetero) is 1. The minimum atomic E-state index is -0.797. The van der Waals surface area contributed by atoms with Crippen molar-refractivity contribution in [1.29, 1.82) is 0 Å². The Labute approximate surface area is 93.8 Å². The summed E-state index contributed by atoms with van der Waals surface area (Å²) >= 11 is 0. The Balaban J connectivity index is 2.03. The van der Waals surface area contributed by atoms with Gasteiger partial charge >= 0.3 is 0 Å². The highest BCUT2D eigenvalue weighted by Crippen LogP contribution is 2.15. The molecule has 2 rings (SSSR count). The van der Waals surface area contributed by atoms with Gasteiger partial charge in [0.05, 0.1) is 0 Å². The summed E-state index contributed by atoms with van der Waals surface area (Å²) in [7, 11) is 0. The van der Waals surface area contributed by atoms with Crippen molar-refractivity contribution in [3.05, 3.63) is 35.9 Å². The van der Waals surface area contributed by atoms with Crippen LogP contribution in [0.1, 0.15) is 5.56 Å². The fourth-order valence-electron chi connectivity index (χ4n) is 2.01. The maximum atomic E-state index is 11.8. The van der Waals surface area contributed by atoms with Crippen molar-refractivity contribution in [3.8, 4) is 0 Å². The number of amides is 1. The largest absolute Gasteiger partial charge is 0.368 e. The molecule has 4 heteroatoms. The van der Waals surface area contributed by atoms with Crippen LogP contribution in [0.3, 0.4) is 0 Å². The van der Waals surface area contributed by atoms with Crippen LogP contribution in [0, 0.1) is 5.92 Å². The normalized spacial score (nSPS) is 24.6. The molecule has 1 aromatic carbocycles. The van der Waals surface area contributed by atoms with Crippen molar-refractivity contribution in [2.75, 3.05) is 6.54 Å². The first-order valence-corrected chi connectivity index (χ1v) is 5.29. The predicted molar refractivity (Wildman–Crippen MR) is 59.6 cm³/mol. The van der Waals surface area contributed by atoms with Gasteiger partial charge in [-0.1, -0.05) is 30.3 Å². The molecule has 0 radical (unpaired) electrons. The van der Waals surface area contributed by atoms with Crippen LogP contribution < -0.4 is 11.1 Å². The Hall–Kier alpha value is -1.68. The lowest BCUT2D eigenvalue weighted by Gasteiger charge is -2.07. The first kappa shape index (κ1) is 10.8. The zero-order valence-electron chi connectivity index (χ0n) is 8.85. The van der Waals surface area contributed by atoms with E-state index in [0.717, 1.165) is 5.56 Å². The average molecular weight is 218 g/mol. The van der Waals surface area contributed by atoms with Gasteiger partial charge in [-0.15, -0.1) is 0 Å². The van der Waals surface area contributed by atoms with E-state index in [1.165, 1.54) is 0 Å². The minimum Gasteiger partial charge on any atom is -0.368 e. The molecule has 0 saturated carbocycles. The highest BCUT2D eigenvalue weighted by molar-refractivity contribution is 6.07. The van der Waals surface area contributed by atoms with Crippen LogP contribution in [0.25, 0.3) is 0 Å². The van der Waals surface area contributed by atoms with E-state index in [1.54, 1.807) is 0 Å². The predicted octanol–water partition coefficient (Wildman–Crippen LogP) is -0.129. The van der Waals surface area contributed by atoms with Crippen LogP contribution in [0.2, 0.25) is 0 Å². The van der Waals surface area contributed by atoms with E-state index in [4.69, 9.17) is 5.73 Å². The number of carbonyl (C=O) groups is 2. The number of benzene rings is 1. The quantitative estimate of drug-likeness (QED) is 0.694. The molecule has 0 aromatic heterocycles. The monoisotopic (exact) mass is 218 g/mol. The van der Waals surface area contributed by atoms with Crippen LogP contribution in [-0.2, 0) is 16.0 Å². The number of ketones is 1. The highest BCUT2D eigenvalue weighted by Gasteiger charge is 2.36. The van der Waals surface area contributed by atoms with Crippen LogP contribution in [0.15, 0.2) is 30.3 Å². The Morgan fingerprint density at radius 2 is 2.06 bits per heavy atom. The molecule has 2 atom stereocenters. The Morgan fingerprint density at radius 1 is 1.38 bits per heavy atom. The molecule has 1 unspecified atom stereocenters. The van der Waals surface area contributed by atoms with E-state index in [2.05, 4.69) is 5.32 Å². The number of nitrogens with two attached hydrogens (primary N) is 1. The van der Waals surface area contributed by atoms with E-state index in [0.29, 0.717) is 13.0 Å². The van der Waals surface area contributed by atoms with Crippen molar-refractivity contribution >= 4 is 11.7 Å². The van der Waals surface area contributed by atoms with Gasteiger partial charge in [0, 0.05) is 12.5 Å².